The van der Waals surface area contributed by atoms with Gasteiger partial charge in [-0.1, -0.05) is 6.92 Å². The van der Waals surface area contributed by atoms with E-state index in [1.165, 1.54) is 0 Å². The third-order valence-electron chi connectivity index (χ3n) is 5.68. The van der Waals surface area contributed by atoms with Crippen molar-refractivity contribution >= 4 is 5.91 Å². The van der Waals surface area contributed by atoms with Crippen molar-refractivity contribution < 1.29 is 9.53 Å². The summed E-state index contributed by atoms with van der Waals surface area (Å²) in [5.74, 6) is 1.84. The summed E-state index contributed by atoms with van der Waals surface area (Å²) in [4.78, 5) is 29.6. The van der Waals surface area contributed by atoms with Gasteiger partial charge in [-0.05, 0) is 12.5 Å². The number of amides is 1. The molecule has 2 aromatic rings. The minimum absolute atomic E-state index is 0.0267. The van der Waals surface area contributed by atoms with Gasteiger partial charge in [-0.3, -0.25) is 9.69 Å². The highest BCUT2D eigenvalue weighted by Gasteiger charge is 2.39. The Morgan fingerprint density at radius 3 is 2.89 bits per heavy atom. The van der Waals surface area contributed by atoms with E-state index >= 15 is 0 Å². The lowest BCUT2D eigenvalue weighted by Crippen LogP contribution is -2.47. The second-order valence-corrected chi connectivity index (χ2v) is 7.81. The lowest BCUT2D eigenvalue weighted by Gasteiger charge is -2.35. The van der Waals surface area contributed by atoms with E-state index < -0.39 is 0 Å². The molecule has 0 spiro atoms. The largest absolute Gasteiger partial charge is 0.375 e. The molecule has 0 saturated carbocycles. The molecule has 0 aromatic carbocycles. The van der Waals surface area contributed by atoms with E-state index in [0.717, 1.165) is 43.3 Å². The molecule has 8 heteroatoms. The van der Waals surface area contributed by atoms with Crippen molar-refractivity contribution in [1.82, 2.24) is 29.3 Å². The predicted molar refractivity (Wildman–Crippen MR) is 105 cm³/mol. The molecule has 150 valence electrons. The van der Waals surface area contributed by atoms with Crippen molar-refractivity contribution in [3.63, 3.8) is 0 Å². The number of carbonyl (C=O) groups excluding carboxylic acids is 1. The van der Waals surface area contributed by atoms with Gasteiger partial charge >= 0.3 is 0 Å². The number of carbonyl (C=O) groups is 1. The minimum atomic E-state index is -0.0267. The van der Waals surface area contributed by atoms with Gasteiger partial charge in [0.05, 0.1) is 19.1 Å². The third-order valence-corrected chi connectivity index (χ3v) is 5.68. The summed E-state index contributed by atoms with van der Waals surface area (Å²) in [6.07, 6.45) is 7.93. The zero-order valence-corrected chi connectivity index (χ0v) is 16.8. The number of rotatable bonds is 5. The topological polar surface area (TPSA) is 76.4 Å². The Labute approximate surface area is 165 Å². The van der Waals surface area contributed by atoms with Crippen LogP contribution in [0.15, 0.2) is 24.7 Å². The number of aromatic nitrogens is 4. The number of ether oxygens (including phenoxy) is 1. The first kappa shape index (κ1) is 19.0. The van der Waals surface area contributed by atoms with E-state index in [2.05, 4.69) is 31.3 Å². The summed E-state index contributed by atoms with van der Waals surface area (Å²) in [6, 6.07) is 2.64. The second kappa shape index (κ2) is 7.97. The highest BCUT2D eigenvalue weighted by Crippen LogP contribution is 2.33. The van der Waals surface area contributed by atoms with Crippen LogP contribution < -0.4 is 0 Å². The molecular weight excluding hydrogens is 356 g/mol. The summed E-state index contributed by atoms with van der Waals surface area (Å²) in [6.45, 7) is 4.48. The molecule has 2 saturated heterocycles. The van der Waals surface area contributed by atoms with E-state index in [9.17, 15) is 4.79 Å². The van der Waals surface area contributed by atoms with Gasteiger partial charge in [-0.25, -0.2) is 15.0 Å². The van der Waals surface area contributed by atoms with Crippen molar-refractivity contribution in [1.29, 1.82) is 0 Å². The van der Waals surface area contributed by atoms with Crippen molar-refractivity contribution in [2.75, 3.05) is 33.8 Å². The van der Waals surface area contributed by atoms with E-state index in [4.69, 9.17) is 4.74 Å². The standard InChI is InChI=1S/C20H28N6O2/c1-4-18-21-6-5-17(23-18)20-22-7-8-26(20)14-9-15-13-28-16(12-25(15)11-14)10-19(27)24(2)3/h5-8,14-16H,4,9-13H2,1-3H3/t14-,15+,16+/m1/s1. The van der Waals surface area contributed by atoms with Gasteiger partial charge < -0.3 is 14.2 Å². The van der Waals surface area contributed by atoms with E-state index in [1.54, 1.807) is 25.2 Å². The van der Waals surface area contributed by atoms with Crippen LogP contribution in [0.5, 0.6) is 0 Å². The second-order valence-electron chi connectivity index (χ2n) is 7.81. The molecule has 4 heterocycles. The maximum absolute atomic E-state index is 12.0. The molecule has 2 fully saturated rings. The molecule has 2 aromatic heterocycles. The van der Waals surface area contributed by atoms with Crippen molar-refractivity contribution in [3.05, 3.63) is 30.5 Å². The van der Waals surface area contributed by atoms with Crippen LogP contribution in [0.1, 0.15) is 31.6 Å². The molecule has 2 aliphatic heterocycles. The Balaban J connectivity index is 1.47. The average Bonchev–Trinajstić information content (AvgIpc) is 3.34. The van der Waals surface area contributed by atoms with Crippen LogP contribution in [-0.4, -0.2) is 81.2 Å². The lowest BCUT2D eigenvalue weighted by molar-refractivity contribution is -0.134. The Morgan fingerprint density at radius 2 is 2.11 bits per heavy atom. The molecule has 8 nitrogen and oxygen atoms in total. The van der Waals surface area contributed by atoms with Crippen LogP contribution in [0.25, 0.3) is 11.5 Å². The number of morpholine rings is 1. The molecule has 1 amide bonds. The quantitative estimate of drug-likeness (QED) is 0.776. The lowest BCUT2D eigenvalue weighted by atomic mass is 10.1. The fourth-order valence-corrected chi connectivity index (χ4v) is 4.12. The van der Waals surface area contributed by atoms with Gasteiger partial charge in [0.2, 0.25) is 5.91 Å². The van der Waals surface area contributed by atoms with Crippen LogP contribution >= 0.6 is 0 Å². The fourth-order valence-electron chi connectivity index (χ4n) is 4.12. The monoisotopic (exact) mass is 384 g/mol. The summed E-state index contributed by atoms with van der Waals surface area (Å²) in [7, 11) is 3.58. The van der Waals surface area contributed by atoms with Crippen LogP contribution in [0, 0.1) is 0 Å². The van der Waals surface area contributed by atoms with Gasteiger partial charge in [0, 0.05) is 64.3 Å². The first-order valence-corrected chi connectivity index (χ1v) is 9.96. The van der Waals surface area contributed by atoms with E-state index in [1.807, 2.05) is 18.5 Å². The Morgan fingerprint density at radius 1 is 1.25 bits per heavy atom. The molecule has 2 aliphatic rings. The molecule has 0 radical (unpaired) electrons. The zero-order valence-electron chi connectivity index (χ0n) is 16.8. The van der Waals surface area contributed by atoms with Crippen LogP contribution in [0.3, 0.4) is 0 Å². The van der Waals surface area contributed by atoms with Gasteiger partial charge in [0.25, 0.3) is 0 Å². The molecule has 0 unspecified atom stereocenters. The smallest absolute Gasteiger partial charge is 0.224 e. The van der Waals surface area contributed by atoms with Crippen molar-refractivity contribution in [2.45, 2.75) is 44.4 Å². The molecule has 3 atom stereocenters. The first-order chi connectivity index (χ1) is 13.5. The van der Waals surface area contributed by atoms with Gasteiger partial charge in [-0.15, -0.1) is 0 Å². The van der Waals surface area contributed by atoms with Crippen LogP contribution in [-0.2, 0) is 16.0 Å². The van der Waals surface area contributed by atoms with Crippen molar-refractivity contribution in [3.8, 4) is 11.5 Å². The Hall–Kier alpha value is -2.32. The highest BCUT2D eigenvalue weighted by molar-refractivity contribution is 5.76. The molecular formula is C20H28N6O2. The normalized spacial score (nSPS) is 24.9. The van der Waals surface area contributed by atoms with E-state index in [-0.39, 0.29) is 12.0 Å². The highest BCUT2D eigenvalue weighted by atomic mass is 16.5. The predicted octanol–water partition coefficient (Wildman–Crippen LogP) is 1.40. The number of fused-ring (bicyclic) bond motifs is 1. The van der Waals surface area contributed by atoms with Gasteiger partial charge in [-0.2, -0.15) is 0 Å². The number of imidazole rings is 1. The van der Waals surface area contributed by atoms with Gasteiger partial charge in [0.15, 0.2) is 5.82 Å². The summed E-state index contributed by atoms with van der Waals surface area (Å²) in [5, 5.41) is 0. The Bertz CT molecular complexity index is 836. The maximum Gasteiger partial charge on any atom is 0.224 e. The number of nitrogens with zero attached hydrogens (tertiary/aromatic N) is 6. The number of hydrogen-bond acceptors (Lipinski definition) is 6. The summed E-state index contributed by atoms with van der Waals surface area (Å²) in [5.41, 5.74) is 0.868. The zero-order chi connectivity index (χ0) is 19.7. The SMILES string of the molecule is CCc1nccc(-c2nccn2[C@@H]2C[C@H]3CO[C@@H](CC(=O)N(C)C)CN3C2)n1. The van der Waals surface area contributed by atoms with Gasteiger partial charge in [0.1, 0.15) is 11.5 Å². The minimum Gasteiger partial charge on any atom is -0.375 e. The van der Waals surface area contributed by atoms with Crippen LogP contribution in [0.4, 0.5) is 0 Å². The first-order valence-electron chi connectivity index (χ1n) is 9.96. The van der Waals surface area contributed by atoms with Crippen LogP contribution in [0.2, 0.25) is 0 Å². The maximum atomic E-state index is 12.0. The number of aryl methyl sites for hydroxylation is 1. The summed E-state index contributed by atoms with van der Waals surface area (Å²) >= 11 is 0. The molecule has 4 rings (SSSR count). The fraction of sp³-hybridized carbons (Fsp3) is 0.600. The Kier molecular flexibility index (Phi) is 5.41. The molecule has 0 N–H and O–H groups in total. The van der Waals surface area contributed by atoms with E-state index in [0.29, 0.717) is 25.1 Å². The molecule has 0 bridgehead atoms. The molecule has 0 aliphatic carbocycles. The summed E-state index contributed by atoms with van der Waals surface area (Å²) < 4.78 is 8.23. The number of hydrogen-bond donors (Lipinski definition) is 0. The average molecular weight is 384 g/mol. The third kappa shape index (κ3) is 3.79. The van der Waals surface area contributed by atoms with Crippen molar-refractivity contribution in [2.24, 2.45) is 0 Å². The molecule has 28 heavy (non-hydrogen) atoms.